The van der Waals surface area contributed by atoms with E-state index < -0.39 is 0 Å². The van der Waals surface area contributed by atoms with E-state index in [0.717, 1.165) is 39.5 Å². The van der Waals surface area contributed by atoms with Gasteiger partial charge in [-0.05, 0) is 45.9 Å². The van der Waals surface area contributed by atoms with Gasteiger partial charge in [-0.3, -0.25) is 4.79 Å². The number of aryl methyl sites for hydroxylation is 2. The van der Waals surface area contributed by atoms with Gasteiger partial charge in [0.15, 0.2) is 0 Å². The summed E-state index contributed by atoms with van der Waals surface area (Å²) in [5, 5.41) is 7.72. The summed E-state index contributed by atoms with van der Waals surface area (Å²) in [4.78, 5) is 12.7. The minimum atomic E-state index is -0.146. The molecule has 3 aromatic rings. The van der Waals surface area contributed by atoms with E-state index in [2.05, 4.69) is 10.4 Å². The summed E-state index contributed by atoms with van der Waals surface area (Å²) < 4.78 is 7.34. The van der Waals surface area contributed by atoms with Crippen molar-refractivity contribution in [1.82, 2.24) is 15.1 Å². The van der Waals surface area contributed by atoms with Gasteiger partial charge in [-0.2, -0.15) is 5.10 Å². The molecule has 5 heteroatoms. The zero-order valence-electron chi connectivity index (χ0n) is 17.1. The van der Waals surface area contributed by atoms with Crippen molar-refractivity contribution >= 4 is 5.91 Å². The Kier molecular flexibility index (Phi) is 5.83. The molecule has 5 nitrogen and oxygen atoms in total. The quantitative estimate of drug-likeness (QED) is 0.699. The van der Waals surface area contributed by atoms with Crippen LogP contribution in [0, 0.1) is 20.8 Å². The molecule has 0 fully saturated rings. The van der Waals surface area contributed by atoms with Crippen LogP contribution in [0.4, 0.5) is 0 Å². The summed E-state index contributed by atoms with van der Waals surface area (Å²) in [6.07, 6.45) is 0.295. The molecule has 0 bridgehead atoms. The Morgan fingerprint density at radius 2 is 1.86 bits per heavy atom. The number of benzene rings is 2. The zero-order chi connectivity index (χ0) is 20.3. The second-order valence-electron chi connectivity index (χ2n) is 7.11. The number of carbonyl (C=O) groups excluding carboxylic acids is 1. The van der Waals surface area contributed by atoms with Crippen molar-refractivity contribution in [3.8, 4) is 11.4 Å². The molecule has 0 aliphatic rings. The number of nitrogens with zero attached hydrogens (tertiary/aromatic N) is 2. The molecule has 0 saturated heterocycles. The maximum atomic E-state index is 12.7. The van der Waals surface area contributed by atoms with Gasteiger partial charge in [0.05, 0.1) is 31.0 Å². The highest BCUT2D eigenvalue weighted by Gasteiger charge is 2.19. The topological polar surface area (TPSA) is 56.1 Å². The molecule has 0 aliphatic heterocycles. The fourth-order valence-corrected chi connectivity index (χ4v) is 3.47. The average Bonchev–Trinajstić information content (AvgIpc) is 2.96. The van der Waals surface area contributed by atoms with Gasteiger partial charge in [-0.15, -0.1) is 0 Å². The van der Waals surface area contributed by atoms with E-state index in [1.807, 2.05) is 80.9 Å². The lowest BCUT2D eigenvalue weighted by Crippen LogP contribution is -2.28. The van der Waals surface area contributed by atoms with Gasteiger partial charge in [0.1, 0.15) is 5.75 Å². The molecule has 1 aromatic heterocycles. The van der Waals surface area contributed by atoms with Gasteiger partial charge in [0.2, 0.25) is 5.91 Å². The molecular formula is C23H27N3O2. The molecule has 3 rings (SSSR count). The lowest BCUT2D eigenvalue weighted by atomic mass is 10.0. The van der Waals surface area contributed by atoms with Crippen LogP contribution in [-0.2, 0) is 11.2 Å². The molecule has 1 unspecified atom stereocenters. The number of nitrogens with one attached hydrogen (secondary N) is 1. The van der Waals surface area contributed by atoms with Crippen LogP contribution in [0.25, 0.3) is 5.69 Å². The van der Waals surface area contributed by atoms with Gasteiger partial charge >= 0.3 is 0 Å². The number of carbonyl (C=O) groups is 1. The van der Waals surface area contributed by atoms with Crippen LogP contribution in [-0.4, -0.2) is 22.8 Å². The van der Waals surface area contributed by atoms with E-state index >= 15 is 0 Å². The summed E-state index contributed by atoms with van der Waals surface area (Å²) in [5.41, 5.74) is 5.92. The molecule has 0 saturated carbocycles. The molecule has 0 radical (unpaired) electrons. The van der Waals surface area contributed by atoms with E-state index in [4.69, 9.17) is 4.74 Å². The number of ether oxygens (including phenoxy) is 1. The molecule has 0 aliphatic carbocycles. The second kappa shape index (κ2) is 8.30. The summed E-state index contributed by atoms with van der Waals surface area (Å²) in [5.74, 6) is 0.748. The van der Waals surface area contributed by atoms with Gasteiger partial charge in [0.25, 0.3) is 0 Å². The Labute approximate surface area is 166 Å². The van der Waals surface area contributed by atoms with E-state index in [1.165, 1.54) is 0 Å². The highest BCUT2D eigenvalue weighted by Crippen LogP contribution is 2.26. The third kappa shape index (κ3) is 4.09. The van der Waals surface area contributed by atoms with Crippen LogP contribution in [0.5, 0.6) is 5.75 Å². The Morgan fingerprint density at radius 3 is 2.54 bits per heavy atom. The smallest absolute Gasteiger partial charge is 0.225 e. The molecule has 28 heavy (non-hydrogen) atoms. The number of rotatable bonds is 6. The van der Waals surface area contributed by atoms with E-state index in [0.29, 0.717) is 6.42 Å². The molecule has 1 heterocycles. The summed E-state index contributed by atoms with van der Waals surface area (Å²) >= 11 is 0. The monoisotopic (exact) mass is 377 g/mol. The summed E-state index contributed by atoms with van der Waals surface area (Å²) in [6, 6.07) is 15.8. The lowest BCUT2D eigenvalue weighted by Gasteiger charge is -2.18. The van der Waals surface area contributed by atoms with Crippen molar-refractivity contribution in [2.75, 3.05) is 7.11 Å². The Morgan fingerprint density at radius 1 is 1.14 bits per heavy atom. The molecular weight excluding hydrogens is 350 g/mol. The highest BCUT2D eigenvalue weighted by atomic mass is 16.5. The number of aromatic nitrogens is 2. The molecule has 1 N–H and O–H groups in total. The fourth-order valence-electron chi connectivity index (χ4n) is 3.47. The zero-order valence-corrected chi connectivity index (χ0v) is 17.1. The van der Waals surface area contributed by atoms with Gasteiger partial charge < -0.3 is 10.1 Å². The normalized spacial score (nSPS) is 11.9. The molecule has 2 aromatic carbocycles. The van der Waals surface area contributed by atoms with Crippen LogP contribution in [0.1, 0.15) is 41.0 Å². The number of methoxy groups -OCH3 is 1. The average molecular weight is 377 g/mol. The third-order valence-corrected chi connectivity index (χ3v) is 5.01. The Bertz CT molecular complexity index is 977. The van der Waals surface area contributed by atoms with Crippen molar-refractivity contribution in [2.24, 2.45) is 0 Å². The second-order valence-corrected chi connectivity index (χ2v) is 7.11. The molecule has 1 amide bonds. The molecule has 146 valence electrons. The van der Waals surface area contributed by atoms with Crippen LogP contribution < -0.4 is 10.1 Å². The molecule has 0 spiro atoms. The minimum Gasteiger partial charge on any atom is -0.496 e. The number of para-hydroxylation sites is 1. The lowest BCUT2D eigenvalue weighted by molar-refractivity contribution is -0.121. The van der Waals surface area contributed by atoms with Crippen molar-refractivity contribution < 1.29 is 9.53 Å². The van der Waals surface area contributed by atoms with Gasteiger partial charge in [0, 0.05) is 16.8 Å². The number of amides is 1. The van der Waals surface area contributed by atoms with Crippen LogP contribution in [0.15, 0.2) is 48.5 Å². The van der Waals surface area contributed by atoms with Crippen LogP contribution in [0.2, 0.25) is 0 Å². The van der Waals surface area contributed by atoms with Crippen molar-refractivity contribution in [1.29, 1.82) is 0 Å². The Balaban J connectivity index is 1.77. The van der Waals surface area contributed by atoms with Crippen LogP contribution >= 0.6 is 0 Å². The first-order valence-electron chi connectivity index (χ1n) is 9.45. The first-order valence-corrected chi connectivity index (χ1v) is 9.45. The fraction of sp³-hybridized carbons (Fsp3) is 0.304. The van der Waals surface area contributed by atoms with E-state index in [-0.39, 0.29) is 11.9 Å². The van der Waals surface area contributed by atoms with Gasteiger partial charge in [-0.25, -0.2) is 4.68 Å². The Hall–Kier alpha value is -3.08. The van der Waals surface area contributed by atoms with Gasteiger partial charge in [-0.1, -0.05) is 35.9 Å². The predicted octanol–water partition coefficient (Wildman–Crippen LogP) is 4.23. The van der Waals surface area contributed by atoms with Crippen molar-refractivity contribution in [2.45, 2.75) is 40.2 Å². The largest absolute Gasteiger partial charge is 0.496 e. The van der Waals surface area contributed by atoms with E-state index in [9.17, 15) is 4.79 Å². The predicted molar refractivity (Wildman–Crippen MR) is 111 cm³/mol. The highest BCUT2D eigenvalue weighted by molar-refractivity contribution is 5.79. The van der Waals surface area contributed by atoms with Crippen molar-refractivity contribution in [3.63, 3.8) is 0 Å². The molecule has 1 atom stereocenters. The summed E-state index contributed by atoms with van der Waals surface area (Å²) in [6.45, 7) is 7.95. The maximum absolute atomic E-state index is 12.7. The number of hydrogen-bond donors (Lipinski definition) is 1. The first kappa shape index (κ1) is 19.7. The third-order valence-electron chi connectivity index (χ3n) is 5.01. The van der Waals surface area contributed by atoms with E-state index in [1.54, 1.807) is 7.11 Å². The maximum Gasteiger partial charge on any atom is 0.225 e. The van der Waals surface area contributed by atoms with Crippen LogP contribution in [0.3, 0.4) is 0 Å². The standard InChI is InChI=1S/C23H27N3O2/c1-15-11-12-22(28-5)21(13-15)16(2)24-23(27)14-20-17(3)25-26(18(20)4)19-9-7-6-8-10-19/h6-13,16H,14H2,1-5H3,(H,24,27). The first-order chi connectivity index (χ1) is 13.4. The number of hydrogen-bond acceptors (Lipinski definition) is 3. The summed E-state index contributed by atoms with van der Waals surface area (Å²) in [7, 11) is 1.65. The minimum absolute atomic E-state index is 0.0325. The SMILES string of the molecule is COc1ccc(C)cc1C(C)NC(=O)Cc1c(C)nn(-c2ccccc2)c1C. The van der Waals surface area contributed by atoms with Crippen molar-refractivity contribution in [3.05, 3.63) is 76.6 Å².